The summed E-state index contributed by atoms with van der Waals surface area (Å²) in [5.74, 6) is 1.54. The molecule has 74 heavy (non-hydrogen) atoms. The van der Waals surface area contributed by atoms with Crippen molar-refractivity contribution in [3.8, 4) is 46.2 Å². The van der Waals surface area contributed by atoms with Gasteiger partial charge in [0.05, 0.1) is 91.4 Å². The molecule has 388 valence electrons. The number of benzene rings is 4. The van der Waals surface area contributed by atoms with Crippen LogP contribution in [0.4, 0.5) is 11.4 Å². The molecule has 19 nitrogen and oxygen atoms in total. The minimum atomic E-state index is -3.47. The average molecular weight is 1110 g/mol. The molecule has 0 radical (unpaired) electrons. The van der Waals surface area contributed by atoms with Crippen LogP contribution >= 0.6 is 0 Å². The topological polar surface area (TPSA) is 234 Å². The summed E-state index contributed by atoms with van der Waals surface area (Å²) >= 11 is 0. The second kappa shape index (κ2) is 31.1. The Morgan fingerprint density at radius 1 is 0.703 bits per heavy atom. The van der Waals surface area contributed by atoms with E-state index in [-0.39, 0.29) is 130 Å². The molecule has 0 spiro atoms. The van der Waals surface area contributed by atoms with Gasteiger partial charge in [-0.1, -0.05) is 31.7 Å². The van der Waals surface area contributed by atoms with Crippen molar-refractivity contribution in [1.29, 1.82) is 10.5 Å². The van der Waals surface area contributed by atoms with Crippen LogP contribution in [0.3, 0.4) is 0 Å². The molecular formula is C51H64K2N8O11S2. The third kappa shape index (κ3) is 16.3. The van der Waals surface area contributed by atoms with Gasteiger partial charge in [-0.25, -0.2) is 16.8 Å². The molecule has 0 saturated carbocycles. The minimum Gasteiger partial charge on any atom is -1.00 e. The van der Waals surface area contributed by atoms with Crippen LogP contribution in [0.1, 0.15) is 33.8 Å². The first-order valence-electron chi connectivity index (χ1n) is 23.0. The predicted octanol–water partition coefficient (Wildman–Crippen LogP) is -0.220. The molecule has 2 aromatic heterocycles. The summed E-state index contributed by atoms with van der Waals surface area (Å²) in [6, 6.07) is 30.6. The van der Waals surface area contributed by atoms with E-state index in [2.05, 4.69) is 40.7 Å². The van der Waals surface area contributed by atoms with Crippen LogP contribution < -0.4 is 127 Å². The Kier molecular flexibility index (Phi) is 27.3. The molecule has 8 rings (SSSR count). The van der Waals surface area contributed by atoms with Gasteiger partial charge in [0.15, 0.2) is 0 Å². The van der Waals surface area contributed by atoms with Crippen molar-refractivity contribution in [3.63, 3.8) is 0 Å². The normalized spacial score (nSPS) is 13.7. The molecule has 0 unspecified atom stereocenters. The van der Waals surface area contributed by atoms with E-state index < -0.39 is 20.0 Å². The molecule has 0 aliphatic carbocycles. The number of morpholine rings is 2. The van der Waals surface area contributed by atoms with Gasteiger partial charge in [-0.2, -0.15) is 10.5 Å². The zero-order chi connectivity index (χ0) is 51.1. The van der Waals surface area contributed by atoms with Crippen molar-refractivity contribution in [2.75, 3.05) is 107 Å². The SMILES string of the molecule is C.CCn1c(-c2ccc(N(C)S(=O)(=O)CCN3CCOCC3)cc2)c(C#N)c2ccc(OC)cc21.CCn1c(-c2ccc(NS(=O)(=O)CCN3CCOCC3)cc2)c(C#N)c2ccc(OC)cc21.O=CO[O-].[H-].[K+].[K+]. The van der Waals surface area contributed by atoms with Gasteiger partial charge in [-0.15, -0.1) is 0 Å². The second-order valence-corrected chi connectivity index (χ2v) is 20.3. The van der Waals surface area contributed by atoms with Crippen LogP contribution in [0.5, 0.6) is 11.5 Å². The number of ether oxygens (including phenoxy) is 4. The Labute approximate surface area is 521 Å². The van der Waals surface area contributed by atoms with Gasteiger partial charge in [0.2, 0.25) is 20.0 Å². The minimum absolute atomic E-state index is 0. The van der Waals surface area contributed by atoms with Crippen LogP contribution in [0.2, 0.25) is 0 Å². The number of nitrogens with one attached hydrogen (secondary N) is 1. The number of aromatic nitrogens is 2. The molecule has 0 atom stereocenters. The van der Waals surface area contributed by atoms with E-state index in [9.17, 15) is 27.4 Å². The number of carbonyl (C=O) groups excluding carboxylic acids is 1. The van der Waals surface area contributed by atoms with Crippen molar-refractivity contribution in [3.05, 3.63) is 96.1 Å². The molecule has 6 aromatic rings. The number of rotatable bonds is 17. The summed E-state index contributed by atoms with van der Waals surface area (Å²) in [6.45, 7) is 11.8. The van der Waals surface area contributed by atoms with E-state index in [1.807, 2.05) is 74.5 Å². The number of nitriles is 2. The fourth-order valence-corrected chi connectivity index (χ4v) is 10.9. The number of anilines is 2. The van der Waals surface area contributed by atoms with Gasteiger partial charge in [0.25, 0.3) is 6.47 Å². The predicted molar refractivity (Wildman–Crippen MR) is 278 cm³/mol. The first kappa shape index (κ1) is 64.9. The summed E-state index contributed by atoms with van der Waals surface area (Å²) in [6.07, 6.45) is 0. The Morgan fingerprint density at radius 3 is 1.49 bits per heavy atom. The maximum absolute atomic E-state index is 12.9. The zero-order valence-electron chi connectivity index (χ0n) is 43.5. The van der Waals surface area contributed by atoms with Gasteiger partial charge < -0.3 is 39.7 Å². The molecule has 2 fully saturated rings. The Hall–Kier alpha value is -3.42. The molecule has 1 N–H and O–H groups in total. The second-order valence-electron chi connectivity index (χ2n) is 16.4. The number of carbonyl (C=O) groups is 1. The van der Waals surface area contributed by atoms with E-state index in [4.69, 9.17) is 29.0 Å². The molecule has 23 heteroatoms. The van der Waals surface area contributed by atoms with E-state index in [1.54, 1.807) is 45.5 Å². The van der Waals surface area contributed by atoms with E-state index in [0.717, 1.165) is 82.0 Å². The molecule has 4 aromatic carbocycles. The summed E-state index contributed by atoms with van der Waals surface area (Å²) in [5, 5.41) is 30.0. The van der Waals surface area contributed by atoms with E-state index >= 15 is 0 Å². The number of nitrogens with zero attached hydrogens (tertiary/aromatic N) is 7. The van der Waals surface area contributed by atoms with Crippen molar-refractivity contribution in [2.45, 2.75) is 34.4 Å². The van der Waals surface area contributed by atoms with Crippen molar-refractivity contribution in [2.24, 2.45) is 0 Å². The number of fused-ring (bicyclic) bond motifs is 2. The average Bonchev–Trinajstić information content (AvgIpc) is 3.91. The van der Waals surface area contributed by atoms with Gasteiger partial charge >= 0.3 is 103 Å². The molecule has 0 amide bonds. The van der Waals surface area contributed by atoms with Crippen LogP contribution in [0.25, 0.3) is 44.3 Å². The van der Waals surface area contributed by atoms with Crippen LogP contribution in [0, 0.1) is 22.7 Å². The number of hydrogen-bond donors (Lipinski definition) is 1. The molecular weight excluding hydrogens is 1040 g/mol. The number of hydrogen-bond acceptors (Lipinski definition) is 15. The molecule has 2 saturated heterocycles. The summed E-state index contributed by atoms with van der Waals surface area (Å²) in [7, 11) is -2.11. The van der Waals surface area contributed by atoms with Crippen LogP contribution in [0.15, 0.2) is 84.9 Å². The quantitative estimate of drug-likeness (QED) is 0.0539. The number of sulfonamides is 2. The maximum Gasteiger partial charge on any atom is 1.00 e. The summed E-state index contributed by atoms with van der Waals surface area (Å²) in [5.41, 5.74) is 7.47. The summed E-state index contributed by atoms with van der Waals surface area (Å²) in [4.78, 5) is 15.5. The standard InChI is InChI=1S/C25H30N4O4S.C24H28N4O4S.CH2O3.CH4.2K.H/c1-4-29-24-17-21(32-3)9-10-22(24)23(18-26)25(29)19-5-7-20(8-6-19)27(2)34(30,31)16-13-28-11-14-33-15-12-28;1-3-28-23-16-20(31-2)8-9-21(23)22(17-25)24(28)18-4-6-19(7-5-18)26-33(29,30)15-12-27-10-13-32-14-11-27;2-1-4-3;;;;/h5-10,17H,4,11-16H2,1-3H3;4-9,16,26H,3,10-15H2,1-2H3;1,3H;1H4;;;/q;;;;2*+1;-1/p-1. The van der Waals surface area contributed by atoms with E-state index in [0.29, 0.717) is 75.1 Å². The Bertz CT molecular complexity index is 3080. The fourth-order valence-electron chi connectivity index (χ4n) is 8.59. The Morgan fingerprint density at radius 2 is 1.11 bits per heavy atom. The van der Waals surface area contributed by atoms with Gasteiger partial charge in [0, 0.05) is 88.0 Å². The van der Waals surface area contributed by atoms with Gasteiger partial charge in [-0.05, 0) is 73.5 Å². The van der Waals surface area contributed by atoms with Gasteiger partial charge in [0.1, 0.15) is 23.6 Å². The number of methoxy groups -OCH3 is 2. The first-order chi connectivity index (χ1) is 34.3. The van der Waals surface area contributed by atoms with Crippen LogP contribution in [-0.2, 0) is 52.3 Å². The smallest absolute Gasteiger partial charge is 1.00 e. The summed E-state index contributed by atoms with van der Waals surface area (Å²) < 4.78 is 80.5. The van der Waals surface area contributed by atoms with Crippen molar-refractivity contribution < 1.29 is 155 Å². The molecule has 2 aliphatic rings. The third-order valence-electron chi connectivity index (χ3n) is 12.3. The zero-order valence-corrected chi connectivity index (χ0v) is 50.4. The van der Waals surface area contributed by atoms with E-state index in [1.165, 1.54) is 4.31 Å². The largest absolute Gasteiger partial charge is 1.00 e. The molecule has 0 bridgehead atoms. The fraction of sp³-hybridized carbons (Fsp3) is 0.392. The molecule has 4 heterocycles. The first-order valence-corrected chi connectivity index (χ1v) is 26.2. The number of aryl methyl sites for hydroxylation is 2. The Balaban J connectivity index is 0.000000456. The maximum atomic E-state index is 12.9. The van der Waals surface area contributed by atoms with Crippen LogP contribution in [-0.4, -0.2) is 141 Å². The molecule has 2 aliphatic heterocycles. The van der Waals surface area contributed by atoms with Gasteiger partial charge in [-0.3, -0.25) is 23.6 Å². The van der Waals surface area contributed by atoms with Crippen molar-refractivity contribution >= 4 is 59.7 Å². The third-order valence-corrected chi connectivity index (χ3v) is 15.4. The monoisotopic (exact) mass is 1110 g/mol. The van der Waals surface area contributed by atoms with Crippen molar-refractivity contribution in [1.82, 2.24) is 18.9 Å².